The third-order valence-electron chi connectivity index (χ3n) is 4.85. The highest BCUT2D eigenvalue weighted by Crippen LogP contribution is 2.36. The summed E-state index contributed by atoms with van der Waals surface area (Å²) in [5.41, 5.74) is 2.68. The molecular weight excluding hydrogens is 362 g/mol. The molecule has 1 fully saturated rings. The molecule has 0 bridgehead atoms. The van der Waals surface area contributed by atoms with Crippen LogP contribution in [0.3, 0.4) is 0 Å². The minimum absolute atomic E-state index is 0.252. The number of nitrogens with zero attached hydrogens (tertiary/aromatic N) is 5. The zero-order chi connectivity index (χ0) is 18.8. The fourth-order valence-corrected chi connectivity index (χ4v) is 4.55. The SMILES string of the molecule is COC(=O)c1nc(C2CCCN2Cc2ccc(-n3cncn3)cc2)sc1C. The van der Waals surface area contributed by atoms with Crippen molar-refractivity contribution in [3.05, 3.63) is 58.1 Å². The van der Waals surface area contributed by atoms with Gasteiger partial charge in [0.05, 0.1) is 18.8 Å². The van der Waals surface area contributed by atoms with Gasteiger partial charge >= 0.3 is 5.97 Å². The number of hydrogen-bond acceptors (Lipinski definition) is 7. The van der Waals surface area contributed by atoms with Gasteiger partial charge in [-0.3, -0.25) is 4.90 Å². The number of thiazole rings is 1. The summed E-state index contributed by atoms with van der Waals surface area (Å²) in [6.07, 6.45) is 5.41. The van der Waals surface area contributed by atoms with Crippen LogP contribution in [0.25, 0.3) is 5.69 Å². The summed E-state index contributed by atoms with van der Waals surface area (Å²) in [7, 11) is 1.39. The average Bonchev–Trinajstić information content (AvgIpc) is 3.42. The maximum atomic E-state index is 11.9. The number of esters is 1. The van der Waals surface area contributed by atoms with Crippen molar-refractivity contribution >= 4 is 17.3 Å². The summed E-state index contributed by atoms with van der Waals surface area (Å²) in [6.45, 7) is 3.81. The number of methoxy groups -OCH3 is 1. The maximum absolute atomic E-state index is 11.9. The van der Waals surface area contributed by atoms with Crippen molar-refractivity contribution in [2.45, 2.75) is 32.4 Å². The van der Waals surface area contributed by atoms with Gasteiger partial charge in [-0.15, -0.1) is 11.3 Å². The molecule has 27 heavy (non-hydrogen) atoms. The highest BCUT2D eigenvalue weighted by molar-refractivity contribution is 7.12. The number of rotatable bonds is 5. The van der Waals surface area contributed by atoms with Crippen LogP contribution in [0.5, 0.6) is 0 Å². The lowest BCUT2D eigenvalue weighted by Gasteiger charge is -2.22. The molecule has 1 aromatic carbocycles. The number of hydrogen-bond donors (Lipinski definition) is 0. The van der Waals surface area contributed by atoms with E-state index in [4.69, 9.17) is 4.74 Å². The highest BCUT2D eigenvalue weighted by atomic mass is 32.1. The molecule has 0 aliphatic carbocycles. The molecule has 1 saturated heterocycles. The molecule has 1 aliphatic rings. The van der Waals surface area contributed by atoms with E-state index >= 15 is 0 Å². The number of aryl methyl sites for hydroxylation is 1. The number of ether oxygens (including phenoxy) is 1. The smallest absolute Gasteiger partial charge is 0.357 e. The number of carbonyl (C=O) groups excluding carboxylic acids is 1. The normalized spacial score (nSPS) is 17.3. The fraction of sp³-hybridized carbons (Fsp3) is 0.368. The first kappa shape index (κ1) is 17.8. The van der Waals surface area contributed by atoms with Crippen LogP contribution in [-0.4, -0.2) is 44.3 Å². The van der Waals surface area contributed by atoms with Crippen LogP contribution < -0.4 is 0 Å². The molecule has 8 heteroatoms. The number of carbonyl (C=O) groups is 1. The van der Waals surface area contributed by atoms with Crippen LogP contribution in [0.2, 0.25) is 0 Å². The Morgan fingerprint density at radius 3 is 2.85 bits per heavy atom. The lowest BCUT2D eigenvalue weighted by molar-refractivity contribution is 0.0593. The van der Waals surface area contributed by atoms with E-state index in [1.165, 1.54) is 19.0 Å². The van der Waals surface area contributed by atoms with Crippen LogP contribution >= 0.6 is 11.3 Å². The summed E-state index contributed by atoms with van der Waals surface area (Å²) in [5.74, 6) is -0.358. The second kappa shape index (κ2) is 7.58. The van der Waals surface area contributed by atoms with E-state index in [9.17, 15) is 4.79 Å². The number of benzene rings is 1. The van der Waals surface area contributed by atoms with E-state index in [2.05, 4.69) is 44.2 Å². The molecule has 3 heterocycles. The molecule has 7 nitrogen and oxygen atoms in total. The Balaban J connectivity index is 1.50. The van der Waals surface area contributed by atoms with Gasteiger partial charge in [-0.1, -0.05) is 12.1 Å². The minimum Gasteiger partial charge on any atom is -0.464 e. The van der Waals surface area contributed by atoms with Gasteiger partial charge in [0.25, 0.3) is 0 Å². The third kappa shape index (κ3) is 3.63. The van der Waals surface area contributed by atoms with E-state index in [1.54, 1.807) is 22.3 Å². The van der Waals surface area contributed by atoms with Gasteiger partial charge in [-0.05, 0) is 44.0 Å². The monoisotopic (exact) mass is 383 g/mol. The Kier molecular flexibility index (Phi) is 5.00. The topological polar surface area (TPSA) is 73.1 Å². The van der Waals surface area contributed by atoms with E-state index in [-0.39, 0.29) is 12.0 Å². The van der Waals surface area contributed by atoms with Crippen molar-refractivity contribution in [2.75, 3.05) is 13.7 Å². The van der Waals surface area contributed by atoms with Crippen molar-refractivity contribution in [3.63, 3.8) is 0 Å². The zero-order valence-corrected chi connectivity index (χ0v) is 16.1. The number of likely N-dealkylation sites (tertiary alicyclic amines) is 1. The summed E-state index contributed by atoms with van der Waals surface area (Å²) in [6, 6.07) is 8.61. The molecule has 0 radical (unpaired) electrons. The predicted octanol–water partition coefficient (Wildman–Crippen LogP) is 3.16. The van der Waals surface area contributed by atoms with Crippen molar-refractivity contribution in [1.29, 1.82) is 0 Å². The number of aromatic nitrogens is 4. The average molecular weight is 383 g/mol. The Morgan fingerprint density at radius 2 is 2.15 bits per heavy atom. The third-order valence-corrected chi connectivity index (χ3v) is 5.92. The van der Waals surface area contributed by atoms with E-state index in [1.807, 2.05) is 6.92 Å². The van der Waals surface area contributed by atoms with Crippen molar-refractivity contribution in [1.82, 2.24) is 24.6 Å². The molecule has 0 N–H and O–H groups in total. The molecule has 1 atom stereocenters. The fourth-order valence-electron chi connectivity index (χ4n) is 3.47. The highest BCUT2D eigenvalue weighted by Gasteiger charge is 2.30. The minimum atomic E-state index is -0.358. The molecule has 1 aliphatic heterocycles. The van der Waals surface area contributed by atoms with Crippen LogP contribution in [0.1, 0.15) is 44.8 Å². The first-order valence-electron chi connectivity index (χ1n) is 8.89. The molecular formula is C19H21N5O2S. The molecule has 0 amide bonds. The van der Waals surface area contributed by atoms with Crippen molar-refractivity contribution in [2.24, 2.45) is 0 Å². The van der Waals surface area contributed by atoms with Gasteiger partial charge < -0.3 is 4.74 Å². The Morgan fingerprint density at radius 1 is 1.33 bits per heavy atom. The molecule has 3 aromatic rings. The second-order valence-electron chi connectivity index (χ2n) is 6.58. The molecule has 0 spiro atoms. The quantitative estimate of drug-likeness (QED) is 0.630. The van der Waals surface area contributed by atoms with E-state index in [0.29, 0.717) is 5.69 Å². The van der Waals surface area contributed by atoms with Gasteiger partial charge in [0.1, 0.15) is 17.7 Å². The Labute approximate surface area is 161 Å². The van der Waals surface area contributed by atoms with Gasteiger partial charge in [0.15, 0.2) is 5.69 Å². The van der Waals surface area contributed by atoms with Crippen molar-refractivity contribution in [3.8, 4) is 5.69 Å². The summed E-state index contributed by atoms with van der Waals surface area (Å²) < 4.78 is 6.58. The van der Waals surface area contributed by atoms with E-state index < -0.39 is 0 Å². The Hall–Kier alpha value is -2.58. The molecule has 1 unspecified atom stereocenters. The standard InChI is InChI=1S/C19H21N5O2S/c1-13-17(19(25)26-2)22-18(27-13)16-4-3-9-23(16)10-14-5-7-15(8-6-14)24-12-20-11-21-24/h5-8,11-12,16H,3-4,9-10H2,1-2H3. The first-order valence-corrected chi connectivity index (χ1v) is 9.71. The summed E-state index contributed by atoms with van der Waals surface area (Å²) in [4.78, 5) is 23.8. The second-order valence-corrected chi connectivity index (χ2v) is 7.82. The molecule has 2 aromatic heterocycles. The lowest BCUT2D eigenvalue weighted by Crippen LogP contribution is -2.22. The van der Waals surface area contributed by atoms with Gasteiger partial charge in [0.2, 0.25) is 0 Å². The maximum Gasteiger partial charge on any atom is 0.357 e. The summed E-state index contributed by atoms with van der Waals surface area (Å²) >= 11 is 1.60. The molecule has 0 saturated carbocycles. The zero-order valence-electron chi connectivity index (χ0n) is 15.3. The van der Waals surface area contributed by atoms with Crippen LogP contribution in [0.4, 0.5) is 0 Å². The van der Waals surface area contributed by atoms with E-state index in [0.717, 1.165) is 41.5 Å². The molecule has 140 valence electrons. The first-order chi connectivity index (χ1) is 13.2. The Bertz CT molecular complexity index is 920. The summed E-state index contributed by atoms with van der Waals surface area (Å²) in [5, 5.41) is 5.16. The molecule has 4 rings (SSSR count). The predicted molar refractivity (Wildman–Crippen MR) is 102 cm³/mol. The van der Waals surface area contributed by atoms with Crippen LogP contribution in [0, 0.1) is 6.92 Å². The largest absolute Gasteiger partial charge is 0.464 e. The van der Waals surface area contributed by atoms with Crippen LogP contribution in [0.15, 0.2) is 36.9 Å². The van der Waals surface area contributed by atoms with Gasteiger partial charge in [0, 0.05) is 11.4 Å². The van der Waals surface area contributed by atoms with Gasteiger partial charge in [-0.25, -0.2) is 19.4 Å². The lowest BCUT2D eigenvalue weighted by atomic mass is 10.1. The van der Waals surface area contributed by atoms with Gasteiger partial charge in [-0.2, -0.15) is 5.10 Å². The van der Waals surface area contributed by atoms with Crippen molar-refractivity contribution < 1.29 is 9.53 Å². The van der Waals surface area contributed by atoms with Crippen LogP contribution in [-0.2, 0) is 11.3 Å².